The number of nitrogens with one attached hydrogen (secondary N) is 1. The number of rotatable bonds is 2. The molecule has 96 valence electrons. The van der Waals surface area contributed by atoms with E-state index in [0.717, 1.165) is 19.7 Å². The lowest BCUT2D eigenvalue weighted by Gasteiger charge is -2.43. The van der Waals surface area contributed by atoms with Crippen molar-refractivity contribution in [2.75, 3.05) is 26.3 Å². The van der Waals surface area contributed by atoms with Gasteiger partial charge in [0.15, 0.2) is 8.32 Å². The van der Waals surface area contributed by atoms with Crippen LogP contribution < -0.4 is 5.32 Å². The Morgan fingerprint density at radius 2 is 1.94 bits per heavy atom. The topological polar surface area (TPSA) is 30.5 Å². The van der Waals surface area contributed by atoms with Crippen molar-refractivity contribution in [2.45, 2.75) is 51.4 Å². The highest BCUT2D eigenvalue weighted by Gasteiger charge is 2.43. The van der Waals surface area contributed by atoms with E-state index in [1.165, 1.54) is 0 Å². The Balaban J connectivity index is 2.70. The highest BCUT2D eigenvalue weighted by Crippen LogP contribution is 2.39. The molecule has 0 aromatic heterocycles. The zero-order chi connectivity index (χ0) is 12.4. The molecular weight excluding hydrogens is 218 g/mol. The maximum absolute atomic E-state index is 6.46. The normalized spacial score (nSPS) is 28.9. The van der Waals surface area contributed by atoms with Crippen molar-refractivity contribution in [1.29, 1.82) is 0 Å². The fraction of sp³-hybridized carbons (Fsp3) is 1.00. The molecule has 0 saturated carbocycles. The predicted octanol–water partition coefficient (Wildman–Crippen LogP) is 2.39. The maximum Gasteiger partial charge on any atom is 0.193 e. The van der Waals surface area contributed by atoms with Crippen LogP contribution >= 0.6 is 0 Å². The minimum Gasteiger partial charge on any atom is -0.408 e. The van der Waals surface area contributed by atoms with Crippen LogP contribution in [0, 0.1) is 0 Å². The molecule has 0 amide bonds. The van der Waals surface area contributed by atoms with E-state index < -0.39 is 8.32 Å². The molecular formula is C12H27NO2Si. The minimum absolute atomic E-state index is 0.167. The first-order chi connectivity index (χ1) is 7.16. The van der Waals surface area contributed by atoms with Crippen LogP contribution in [0.15, 0.2) is 0 Å². The maximum atomic E-state index is 6.46. The van der Waals surface area contributed by atoms with E-state index in [2.05, 4.69) is 46.1 Å². The first kappa shape index (κ1) is 14.2. The van der Waals surface area contributed by atoms with E-state index >= 15 is 0 Å². The van der Waals surface area contributed by atoms with Crippen LogP contribution in [-0.2, 0) is 9.16 Å². The van der Waals surface area contributed by atoms with Gasteiger partial charge in [-0.15, -0.1) is 0 Å². The lowest BCUT2D eigenvalue weighted by atomic mass is 10.1. The van der Waals surface area contributed by atoms with Gasteiger partial charge in [-0.05, 0) is 25.1 Å². The quantitative estimate of drug-likeness (QED) is 0.758. The van der Waals surface area contributed by atoms with E-state index in [-0.39, 0.29) is 10.6 Å². The molecule has 0 aromatic carbocycles. The van der Waals surface area contributed by atoms with E-state index in [0.29, 0.717) is 6.61 Å². The first-order valence-corrected chi connectivity index (χ1v) is 9.06. The average molecular weight is 245 g/mol. The molecule has 1 aliphatic rings. The second-order valence-electron chi connectivity index (χ2n) is 6.54. The monoisotopic (exact) mass is 245 g/mol. The largest absolute Gasteiger partial charge is 0.408 e. The Morgan fingerprint density at radius 1 is 1.31 bits per heavy atom. The van der Waals surface area contributed by atoms with Gasteiger partial charge in [0.2, 0.25) is 0 Å². The van der Waals surface area contributed by atoms with Gasteiger partial charge in [-0.3, -0.25) is 0 Å². The average Bonchev–Trinajstić information content (AvgIpc) is 2.26. The lowest BCUT2D eigenvalue weighted by molar-refractivity contribution is -0.00410. The summed E-state index contributed by atoms with van der Waals surface area (Å²) in [6.45, 7) is 16.9. The highest BCUT2D eigenvalue weighted by atomic mass is 28.4. The van der Waals surface area contributed by atoms with Crippen molar-refractivity contribution in [2.24, 2.45) is 0 Å². The number of ether oxygens (including phenoxy) is 1. The smallest absolute Gasteiger partial charge is 0.193 e. The molecule has 4 heteroatoms. The molecule has 1 aliphatic heterocycles. The third-order valence-electron chi connectivity index (χ3n) is 3.64. The predicted molar refractivity (Wildman–Crippen MR) is 70.4 cm³/mol. The van der Waals surface area contributed by atoms with Crippen molar-refractivity contribution in [3.05, 3.63) is 0 Å². The molecule has 1 saturated heterocycles. The van der Waals surface area contributed by atoms with E-state index in [4.69, 9.17) is 9.16 Å². The van der Waals surface area contributed by atoms with Gasteiger partial charge >= 0.3 is 0 Å². The van der Waals surface area contributed by atoms with Crippen LogP contribution in [0.4, 0.5) is 0 Å². The van der Waals surface area contributed by atoms with Gasteiger partial charge in [0, 0.05) is 13.1 Å². The van der Waals surface area contributed by atoms with Crippen molar-refractivity contribution in [3.8, 4) is 0 Å². The van der Waals surface area contributed by atoms with Crippen molar-refractivity contribution < 1.29 is 9.16 Å². The van der Waals surface area contributed by atoms with Crippen molar-refractivity contribution >= 4 is 8.32 Å². The summed E-state index contributed by atoms with van der Waals surface area (Å²) in [6.07, 6.45) is 0. The van der Waals surface area contributed by atoms with Gasteiger partial charge in [0.25, 0.3) is 0 Å². The van der Waals surface area contributed by atoms with E-state index in [9.17, 15) is 0 Å². The zero-order valence-electron chi connectivity index (χ0n) is 11.6. The first-order valence-electron chi connectivity index (χ1n) is 6.15. The zero-order valence-corrected chi connectivity index (χ0v) is 12.6. The Labute approximate surface area is 101 Å². The molecule has 0 spiro atoms. The van der Waals surface area contributed by atoms with Gasteiger partial charge in [0.05, 0.1) is 18.8 Å². The van der Waals surface area contributed by atoms with Gasteiger partial charge in [-0.25, -0.2) is 0 Å². The number of hydrogen-bond acceptors (Lipinski definition) is 3. The van der Waals surface area contributed by atoms with Crippen LogP contribution in [0.25, 0.3) is 0 Å². The Kier molecular flexibility index (Phi) is 4.22. The SMILES string of the molecule is CC1(O[Si](C)(C)C(C)(C)C)CNCCOC1. The summed E-state index contributed by atoms with van der Waals surface area (Å²) in [5.74, 6) is 0. The fourth-order valence-corrected chi connectivity index (χ4v) is 3.34. The van der Waals surface area contributed by atoms with Gasteiger partial charge in [-0.2, -0.15) is 0 Å². The highest BCUT2D eigenvalue weighted by molar-refractivity contribution is 6.74. The Bertz CT molecular complexity index is 228. The summed E-state index contributed by atoms with van der Waals surface area (Å²) < 4.78 is 12.1. The third-order valence-corrected chi connectivity index (χ3v) is 8.25. The lowest BCUT2D eigenvalue weighted by Crippen LogP contribution is -2.53. The van der Waals surface area contributed by atoms with Gasteiger partial charge < -0.3 is 14.5 Å². The minimum atomic E-state index is -1.71. The fourth-order valence-electron chi connectivity index (χ4n) is 1.67. The van der Waals surface area contributed by atoms with Crippen LogP contribution in [0.3, 0.4) is 0 Å². The molecule has 16 heavy (non-hydrogen) atoms. The summed E-state index contributed by atoms with van der Waals surface area (Å²) in [5.41, 5.74) is -0.167. The molecule has 0 bridgehead atoms. The summed E-state index contributed by atoms with van der Waals surface area (Å²) in [6, 6.07) is 0. The van der Waals surface area contributed by atoms with Crippen LogP contribution in [0.1, 0.15) is 27.7 Å². The summed E-state index contributed by atoms with van der Waals surface area (Å²) in [5, 5.41) is 3.64. The molecule has 0 aromatic rings. The van der Waals surface area contributed by atoms with E-state index in [1.807, 2.05) is 0 Å². The Morgan fingerprint density at radius 3 is 2.50 bits per heavy atom. The van der Waals surface area contributed by atoms with Crippen molar-refractivity contribution in [3.63, 3.8) is 0 Å². The molecule has 0 aliphatic carbocycles. The molecule has 1 fully saturated rings. The second-order valence-corrected chi connectivity index (χ2v) is 11.3. The molecule has 1 N–H and O–H groups in total. The number of hydrogen-bond donors (Lipinski definition) is 1. The molecule has 3 nitrogen and oxygen atoms in total. The van der Waals surface area contributed by atoms with Gasteiger partial charge in [-0.1, -0.05) is 20.8 Å². The Hall–Kier alpha value is 0.0969. The summed E-state index contributed by atoms with van der Waals surface area (Å²) in [7, 11) is -1.71. The molecule has 1 unspecified atom stereocenters. The molecule has 0 radical (unpaired) electrons. The second kappa shape index (κ2) is 4.76. The third kappa shape index (κ3) is 3.55. The standard InChI is InChI=1S/C12H27NO2Si/c1-11(2,3)16(5,6)15-12(4)9-13-7-8-14-10-12/h13H,7-10H2,1-6H3. The summed E-state index contributed by atoms with van der Waals surface area (Å²) in [4.78, 5) is 0. The molecule has 1 atom stereocenters. The molecule has 1 heterocycles. The molecule has 1 rings (SSSR count). The summed E-state index contributed by atoms with van der Waals surface area (Å²) >= 11 is 0. The van der Waals surface area contributed by atoms with Crippen LogP contribution in [0.5, 0.6) is 0 Å². The van der Waals surface area contributed by atoms with Crippen LogP contribution in [0.2, 0.25) is 18.1 Å². The van der Waals surface area contributed by atoms with Crippen LogP contribution in [-0.4, -0.2) is 40.2 Å². The van der Waals surface area contributed by atoms with E-state index in [1.54, 1.807) is 0 Å². The van der Waals surface area contributed by atoms with Crippen molar-refractivity contribution in [1.82, 2.24) is 5.32 Å². The van der Waals surface area contributed by atoms with Gasteiger partial charge in [0.1, 0.15) is 0 Å².